The van der Waals surface area contributed by atoms with Gasteiger partial charge in [0.15, 0.2) is 0 Å². The average molecular weight is 366 g/mol. The number of halogens is 2. The van der Waals surface area contributed by atoms with Crippen LogP contribution in [0.15, 0.2) is 52.2 Å². The van der Waals surface area contributed by atoms with Gasteiger partial charge < -0.3 is 9.88 Å². The number of hydrogen-bond acceptors (Lipinski definition) is 3. The zero-order chi connectivity index (χ0) is 14.8. The maximum absolute atomic E-state index is 14.1. The Kier molecular flexibility index (Phi) is 3.85. The second kappa shape index (κ2) is 5.79. The van der Waals surface area contributed by atoms with Gasteiger partial charge in [0.25, 0.3) is 5.91 Å². The molecule has 7 heteroatoms. The molecule has 0 saturated heterocycles. The molecule has 0 aliphatic carbocycles. The van der Waals surface area contributed by atoms with E-state index in [1.807, 2.05) is 0 Å². The van der Waals surface area contributed by atoms with Gasteiger partial charge >= 0.3 is 0 Å². The van der Waals surface area contributed by atoms with Crippen molar-refractivity contribution in [1.29, 1.82) is 0 Å². The topological polar surface area (TPSA) is 46.9 Å². The number of carbonyl (C=O) groups excluding carboxylic acids is 1. The van der Waals surface area contributed by atoms with Crippen LogP contribution in [-0.4, -0.2) is 15.5 Å². The smallest absolute Gasteiger partial charge is 0.256 e. The van der Waals surface area contributed by atoms with Crippen LogP contribution in [0.2, 0.25) is 0 Å². The summed E-state index contributed by atoms with van der Waals surface area (Å²) in [6.45, 7) is 0. The number of imidazole rings is 1. The van der Waals surface area contributed by atoms with Gasteiger partial charge in [-0.3, -0.25) is 4.79 Å². The summed E-state index contributed by atoms with van der Waals surface area (Å²) in [6, 6.07) is 6.25. The van der Waals surface area contributed by atoms with Crippen molar-refractivity contribution in [2.24, 2.45) is 0 Å². The van der Waals surface area contributed by atoms with Crippen LogP contribution >= 0.6 is 27.3 Å². The molecule has 1 amide bonds. The minimum Gasteiger partial charge on any atom is -0.322 e. The van der Waals surface area contributed by atoms with Gasteiger partial charge in [-0.05, 0) is 40.2 Å². The van der Waals surface area contributed by atoms with E-state index in [1.54, 1.807) is 40.5 Å². The molecule has 0 fully saturated rings. The molecule has 2 aromatic heterocycles. The normalized spacial score (nSPS) is 10.6. The number of aromatic nitrogens is 2. The number of anilines is 1. The summed E-state index contributed by atoms with van der Waals surface area (Å²) >= 11 is 4.72. The van der Waals surface area contributed by atoms with Crippen molar-refractivity contribution >= 4 is 38.9 Å². The highest BCUT2D eigenvalue weighted by molar-refractivity contribution is 9.11. The van der Waals surface area contributed by atoms with Gasteiger partial charge in [-0.2, -0.15) is 0 Å². The summed E-state index contributed by atoms with van der Waals surface area (Å²) in [7, 11) is 0. The molecule has 106 valence electrons. The van der Waals surface area contributed by atoms with E-state index in [2.05, 4.69) is 26.2 Å². The van der Waals surface area contributed by atoms with Gasteiger partial charge in [0.05, 0.1) is 21.4 Å². The number of hydrogen-bond donors (Lipinski definition) is 1. The van der Waals surface area contributed by atoms with Crippen molar-refractivity contribution in [2.75, 3.05) is 5.32 Å². The Bertz CT molecular complexity index is 785. The lowest BCUT2D eigenvalue weighted by molar-refractivity contribution is 0.102. The Morgan fingerprint density at radius 3 is 2.86 bits per heavy atom. The van der Waals surface area contributed by atoms with E-state index in [9.17, 15) is 9.18 Å². The predicted octanol–water partition coefficient (Wildman–Crippen LogP) is 4.09. The van der Waals surface area contributed by atoms with Crippen LogP contribution in [0.25, 0.3) is 5.69 Å². The third-order valence-corrected chi connectivity index (χ3v) is 4.32. The van der Waals surface area contributed by atoms with Gasteiger partial charge in [-0.1, -0.05) is 0 Å². The lowest BCUT2D eigenvalue weighted by atomic mass is 10.2. The van der Waals surface area contributed by atoms with Crippen LogP contribution < -0.4 is 5.32 Å². The van der Waals surface area contributed by atoms with Crippen LogP contribution in [0.3, 0.4) is 0 Å². The van der Waals surface area contributed by atoms with Crippen LogP contribution in [-0.2, 0) is 0 Å². The Labute approximate surface area is 132 Å². The molecule has 0 unspecified atom stereocenters. The monoisotopic (exact) mass is 365 g/mol. The summed E-state index contributed by atoms with van der Waals surface area (Å²) in [4.78, 5) is 15.9. The van der Waals surface area contributed by atoms with Crippen LogP contribution in [0, 0.1) is 5.82 Å². The minimum absolute atomic E-state index is 0.272. The molecule has 0 bridgehead atoms. The van der Waals surface area contributed by atoms with E-state index in [4.69, 9.17) is 0 Å². The molecular weight excluding hydrogens is 357 g/mol. The van der Waals surface area contributed by atoms with Gasteiger partial charge in [0.1, 0.15) is 5.82 Å². The van der Waals surface area contributed by atoms with Crippen LogP contribution in [0.5, 0.6) is 0 Å². The van der Waals surface area contributed by atoms with E-state index in [0.29, 0.717) is 16.9 Å². The van der Waals surface area contributed by atoms with Gasteiger partial charge in [0.2, 0.25) is 0 Å². The van der Waals surface area contributed by atoms with Crippen molar-refractivity contribution in [3.63, 3.8) is 0 Å². The quantitative estimate of drug-likeness (QED) is 0.759. The molecule has 0 saturated carbocycles. The first-order chi connectivity index (χ1) is 10.1. The second-order valence-electron chi connectivity index (χ2n) is 4.23. The first-order valence-electron chi connectivity index (χ1n) is 5.97. The highest BCUT2D eigenvalue weighted by atomic mass is 79.9. The van der Waals surface area contributed by atoms with Gasteiger partial charge in [0, 0.05) is 23.5 Å². The highest BCUT2D eigenvalue weighted by Gasteiger charge is 2.10. The summed E-state index contributed by atoms with van der Waals surface area (Å²) in [6.07, 6.45) is 4.74. The van der Waals surface area contributed by atoms with E-state index < -0.39 is 5.82 Å². The zero-order valence-corrected chi connectivity index (χ0v) is 13.0. The first-order valence-corrected chi connectivity index (χ1v) is 7.64. The van der Waals surface area contributed by atoms with Crippen molar-refractivity contribution in [1.82, 2.24) is 9.55 Å². The Balaban J connectivity index is 1.81. The third kappa shape index (κ3) is 3.03. The van der Waals surface area contributed by atoms with Crippen LogP contribution in [0.4, 0.5) is 10.1 Å². The Hall–Kier alpha value is -1.99. The van der Waals surface area contributed by atoms with Crippen molar-refractivity contribution in [3.05, 3.63) is 63.5 Å². The highest BCUT2D eigenvalue weighted by Crippen LogP contribution is 2.22. The third-order valence-electron chi connectivity index (χ3n) is 2.82. The summed E-state index contributed by atoms with van der Waals surface area (Å²) in [5.74, 6) is -0.705. The number of thiophene rings is 1. The summed E-state index contributed by atoms with van der Waals surface area (Å²) in [5, 5.41) is 4.40. The van der Waals surface area contributed by atoms with E-state index >= 15 is 0 Å². The summed E-state index contributed by atoms with van der Waals surface area (Å²) in [5.41, 5.74) is 1.32. The number of rotatable bonds is 3. The average Bonchev–Trinajstić information content (AvgIpc) is 3.10. The standard InChI is InChI=1S/C14H9BrFN3OS/c15-13-5-9(7-21-13)14(20)18-10-1-2-12(11(16)6-10)19-4-3-17-8-19/h1-8H,(H,18,20). The Morgan fingerprint density at radius 2 is 2.24 bits per heavy atom. The molecule has 0 aliphatic heterocycles. The second-order valence-corrected chi connectivity index (χ2v) is 6.52. The van der Waals surface area contributed by atoms with Crippen LogP contribution in [0.1, 0.15) is 10.4 Å². The molecule has 4 nitrogen and oxygen atoms in total. The SMILES string of the molecule is O=C(Nc1ccc(-n2ccnc2)c(F)c1)c1csc(Br)c1. The van der Waals surface area contributed by atoms with Crippen molar-refractivity contribution in [2.45, 2.75) is 0 Å². The maximum Gasteiger partial charge on any atom is 0.256 e. The number of benzene rings is 1. The lowest BCUT2D eigenvalue weighted by Crippen LogP contribution is -2.11. The van der Waals surface area contributed by atoms with E-state index in [-0.39, 0.29) is 5.91 Å². The largest absolute Gasteiger partial charge is 0.322 e. The van der Waals surface area contributed by atoms with E-state index in [1.165, 1.54) is 23.7 Å². The molecule has 2 heterocycles. The molecule has 21 heavy (non-hydrogen) atoms. The lowest BCUT2D eigenvalue weighted by Gasteiger charge is -2.08. The van der Waals surface area contributed by atoms with Gasteiger partial charge in [-0.15, -0.1) is 11.3 Å². The molecule has 0 atom stereocenters. The maximum atomic E-state index is 14.1. The number of nitrogens with one attached hydrogen (secondary N) is 1. The minimum atomic E-state index is -0.433. The zero-order valence-electron chi connectivity index (χ0n) is 10.6. The number of amides is 1. The fourth-order valence-electron chi connectivity index (χ4n) is 1.83. The molecular formula is C14H9BrFN3OS. The first kappa shape index (κ1) is 14.0. The molecule has 3 aromatic rings. The van der Waals surface area contributed by atoms with Crippen molar-refractivity contribution in [3.8, 4) is 5.69 Å². The fourth-order valence-corrected chi connectivity index (χ4v) is 2.96. The number of carbonyl (C=O) groups is 1. The molecule has 0 spiro atoms. The molecule has 0 aliphatic rings. The molecule has 3 rings (SSSR count). The molecule has 0 radical (unpaired) electrons. The molecule has 1 N–H and O–H groups in total. The number of nitrogens with zero attached hydrogens (tertiary/aromatic N) is 2. The van der Waals surface area contributed by atoms with Crippen molar-refractivity contribution < 1.29 is 9.18 Å². The summed E-state index contributed by atoms with van der Waals surface area (Å²) < 4.78 is 16.5. The molecule has 1 aromatic carbocycles. The van der Waals surface area contributed by atoms with Gasteiger partial charge in [-0.25, -0.2) is 9.37 Å². The predicted molar refractivity (Wildman–Crippen MR) is 83.5 cm³/mol. The fraction of sp³-hybridized carbons (Fsp3) is 0. The Morgan fingerprint density at radius 1 is 1.38 bits per heavy atom. The van der Waals surface area contributed by atoms with E-state index in [0.717, 1.165) is 3.79 Å².